The van der Waals surface area contributed by atoms with Crippen LogP contribution in [0.3, 0.4) is 0 Å². The number of rotatable bonds is 3. The van der Waals surface area contributed by atoms with Crippen LogP contribution in [0.4, 0.5) is 0 Å². The van der Waals surface area contributed by atoms with Gasteiger partial charge in [0.25, 0.3) is 0 Å². The maximum Gasteiger partial charge on any atom is 0.497 e. The highest BCUT2D eigenvalue weighted by molar-refractivity contribution is 7.17. The van der Waals surface area contributed by atoms with Crippen molar-refractivity contribution in [3.05, 3.63) is 0 Å². The molecule has 0 heterocycles. The van der Waals surface area contributed by atoms with Gasteiger partial charge in [0.1, 0.15) is 0 Å². The standard InChI is InChI=1S/C3H5O5P/c1-3(6,2(4)5)8-9-7/h6,9H,1H3/p+1. The summed E-state index contributed by atoms with van der Waals surface area (Å²) in [5, 5.41) is 16.6. The second-order valence-electron chi connectivity index (χ2n) is 1.47. The molecule has 2 N–H and O–H groups in total. The van der Waals surface area contributed by atoms with Crippen molar-refractivity contribution in [3.63, 3.8) is 0 Å². The Labute approximate surface area is 52.5 Å². The Morgan fingerprint density at radius 2 is 2.22 bits per heavy atom. The summed E-state index contributed by atoms with van der Waals surface area (Å²) in [4.78, 5) is 9.90. The smallest absolute Gasteiger partial charge is 0.477 e. The van der Waals surface area contributed by atoms with E-state index < -0.39 is 20.4 Å². The average molecular weight is 153 g/mol. The van der Waals surface area contributed by atoms with Gasteiger partial charge >= 0.3 is 20.4 Å². The van der Waals surface area contributed by atoms with Crippen LogP contribution in [0.5, 0.6) is 0 Å². The molecule has 52 valence electrons. The molecular weight excluding hydrogens is 147 g/mol. The number of aliphatic carboxylic acids is 1. The third-order valence-electron chi connectivity index (χ3n) is 0.637. The Hall–Kier alpha value is -0.510. The number of aliphatic hydroxyl groups is 1. The van der Waals surface area contributed by atoms with Crippen molar-refractivity contribution in [2.24, 2.45) is 0 Å². The molecule has 0 amide bonds. The zero-order valence-electron chi connectivity index (χ0n) is 4.62. The normalized spacial score (nSPS) is 17.1. The molecule has 0 fully saturated rings. The largest absolute Gasteiger partial charge is 0.497 e. The average Bonchev–Trinajstić information content (AvgIpc) is 1.65. The van der Waals surface area contributed by atoms with E-state index in [1.165, 1.54) is 0 Å². The lowest BCUT2D eigenvalue weighted by Gasteiger charge is -2.06. The van der Waals surface area contributed by atoms with E-state index in [-0.39, 0.29) is 0 Å². The Balaban J connectivity index is 4.00. The molecule has 0 aromatic rings. The van der Waals surface area contributed by atoms with Gasteiger partial charge in [0, 0.05) is 6.92 Å². The van der Waals surface area contributed by atoms with Crippen LogP contribution in [0.1, 0.15) is 6.92 Å². The summed E-state index contributed by atoms with van der Waals surface area (Å²) < 4.78 is 13.6. The molecule has 0 saturated heterocycles. The molecule has 0 spiro atoms. The van der Waals surface area contributed by atoms with Gasteiger partial charge in [-0.2, -0.15) is 0 Å². The van der Waals surface area contributed by atoms with Gasteiger partial charge in [-0.05, 0) is 4.57 Å². The van der Waals surface area contributed by atoms with Crippen LogP contribution in [0, 0.1) is 0 Å². The predicted molar refractivity (Wildman–Crippen MR) is 28.3 cm³/mol. The summed E-state index contributed by atoms with van der Waals surface area (Å²) in [6, 6.07) is 0. The molecule has 0 radical (unpaired) electrons. The first-order valence-electron chi connectivity index (χ1n) is 2.01. The molecule has 9 heavy (non-hydrogen) atoms. The number of hydrogen-bond acceptors (Lipinski definition) is 4. The fourth-order valence-electron chi connectivity index (χ4n) is 0.125. The van der Waals surface area contributed by atoms with E-state index in [9.17, 15) is 9.36 Å². The lowest BCUT2D eigenvalue weighted by atomic mass is 10.3. The third kappa shape index (κ3) is 2.51. The zero-order chi connectivity index (χ0) is 7.49. The number of carbonyl (C=O) groups is 1. The van der Waals surface area contributed by atoms with Crippen LogP contribution < -0.4 is 0 Å². The highest BCUT2D eigenvalue weighted by Crippen LogP contribution is 2.12. The Kier molecular flexibility index (Phi) is 2.70. The highest BCUT2D eigenvalue weighted by atomic mass is 31.1. The van der Waals surface area contributed by atoms with Gasteiger partial charge in [-0.25, -0.2) is 4.79 Å². The first-order valence-corrected chi connectivity index (χ1v) is 2.83. The van der Waals surface area contributed by atoms with Crippen molar-refractivity contribution in [3.8, 4) is 0 Å². The molecule has 0 bridgehead atoms. The molecule has 6 heteroatoms. The molecule has 0 aliphatic rings. The van der Waals surface area contributed by atoms with Gasteiger partial charge in [0.2, 0.25) is 0 Å². The highest BCUT2D eigenvalue weighted by Gasteiger charge is 2.35. The molecule has 2 unspecified atom stereocenters. The summed E-state index contributed by atoms with van der Waals surface area (Å²) in [7, 11) is -1.28. The fourth-order valence-corrected chi connectivity index (χ4v) is 0.374. The fraction of sp³-hybridized carbons (Fsp3) is 0.667. The van der Waals surface area contributed by atoms with Gasteiger partial charge < -0.3 is 10.2 Å². The molecule has 0 saturated carbocycles. The van der Waals surface area contributed by atoms with E-state index in [0.717, 1.165) is 6.92 Å². The van der Waals surface area contributed by atoms with Gasteiger partial charge in [0.05, 0.1) is 0 Å². The van der Waals surface area contributed by atoms with Crippen LogP contribution in [-0.2, 0) is 13.9 Å². The second kappa shape index (κ2) is 2.87. The summed E-state index contributed by atoms with van der Waals surface area (Å²) >= 11 is 0. The molecule has 0 aromatic heterocycles. The van der Waals surface area contributed by atoms with Crippen molar-refractivity contribution >= 4 is 14.7 Å². The van der Waals surface area contributed by atoms with Gasteiger partial charge in [-0.3, -0.25) is 0 Å². The summed E-state index contributed by atoms with van der Waals surface area (Å²) in [5.74, 6) is -3.90. The van der Waals surface area contributed by atoms with Crippen LogP contribution in [0.15, 0.2) is 0 Å². The minimum atomic E-state index is -2.33. The van der Waals surface area contributed by atoms with Crippen LogP contribution in [-0.4, -0.2) is 22.0 Å². The number of hydrogen-bond donors (Lipinski definition) is 2. The van der Waals surface area contributed by atoms with Crippen LogP contribution >= 0.6 is 8.69 Å². The summed E-state index contributed by atoms with van der Waals surface area (Å²) in [5.41, 5.74) is 0. The SMILES string of the molecule is CC(O)(O[PH+]=O)C(=O)O. The van der Waals surface area contributed by atoms with E-state index in [1.807, 2.05) is 0 Å². The van der Waals surface area contributed by atoms with Crippen LogP contribution in [0.25, 0.3) is 0 Å². The Bertz CT molecular complexity index is 130. The minimum absolute atomic E-state index is 0.889. The van der Waals surface area contributed by atoms with Crippen LogP contribution in [0.2, 0.25) is 0 Å². The third-order valence-corrected chi connectivity index (χ3v) is 1.12. The van der Waals surface area contributed by atoms with E-state index >= 15 is 0 Å². The molecular formula is C3H6O5P+. The molecule has 0 rings (SSSR count). The number of carboxylic acids is 1. The van der Waals surface area contributed by atoms with Crippen molar-refractivity contribution in [1.82, 2.24) is 0 Å². The Morgan fingerprint density at radius 1 is 1.78 bits per heavy atom. The van der Waals surface area contributed by atoms with Gasteiger partial charge in [0.15, 0.2) is 0 Å². The molecule has 0 aliphatic heterocycles. The van der Waals surface area contributed by atoms with Crippen molar-refractivity contribution in [2.45, 2.75) is 12.7 Å². The lowest BCUT2D eigenvalue weighted by molar-refractivity contribution is -0.186. The van der Waals surface area contributed by atoms with E-state index in [2.05, 4.69) is 4.52 Å². The first-order chi connectivity index (χ1) is 4.00. The second-order valence-corrected chi connectivity index (χ2v) is 1.84. The molecule has 0 aromatic carbocycles. The van der Waals surface area contributed by atoms with E-state index in [0.29, 0.717) is 0 Å². The first kappa shape index (κ1) is 8.49. The van der Waals surface area contributed by atoms with Gasteiger partial charge in [-0.1, -0.05) is 0 Å². The monoisotopic (exact) mass is 153 g/mol. The maximum atomic E-state index is 9.90. The van der Waals surface area contributed by atoms with Gasteiger partial charge in [-0.15, -0.1) is 4.52 Å². The molecule has 5 nitrogen and oxygen atoms in total. The summed E-state index contributed by atoms with van der Waals surface area (Å²) in [6.07, 6.45) is 0. The minimum Gasteiger partial charge on any atom is -0.477 e. The topological polar surface area (TPSA) is 83.8 Å². The summed E-state index contributed by atoms with van der Waals surface area (Å²) in [6.45, 7) is 0.889. The van der Waals surface area contributed by atoms with Crippen molar-refractivity contribution in [1.29, 1.82) is 0 Å². The number of carboxylic acid groups (broad SMARTS) is 1. The van der Waals surface area contributed by atoms with E-state index in [1.54, 1.807) is 0 Å². The maximum absolute atomic E-state index is 9.90. The molecule has 0 aliphatic carbocycles. The van der Waals surface area contributed by atoms with Crippen molar-refractivity contribution < 1.29 is 24.1 Å². The lowest BCUT2D eigenvalue weighted by Crippen LogP contribution is -2.34. The zero-order valence-corrected chi connectivity index (χ0v) is 5.62. The van der Waals surface area contributed by atoms with Crippen molar-refractivity contribution in [2.75, 3.05) is 0 Å². The molecule has 2 atom stereocenters. The van der Waals surface area contributed by atoms with E-state index in [4.69, 9.17) is 10.2 Å². The predicted octanol–water partition coefficient (Wildman–Crippen LogP) is -0.265. The quantitative estimate of drug-likeness (QED) is 0.430. The Morgan fingerprint density at radius 3 is 2.33 bits per heavy atom.